The van der Waals surface area contributed by atoms with Gasteiger partial charge in [-0.05, 0) is 32.0 Å². The van der Waals surface area contributed by atoms with Crippen molar-refractivity contribution in [2.24, 2.45) is 0 Å². The number of rotatable bonds is 6. The van der Waals surface area contributed by atoms with Crippen LogP contribution < -0.4 is 10.1 Å². The topological polar surface area (TPSA) is 47.6 Å². The number of para-hydroxylation sites is 1. The van der Waals surface area contributed by atoms with Gasteiger partial charge < -0.3 is 14.8 Å². The van der Waals surface area contributed by atoms with E-state index >= 15 is 0 Å². The number of carbonyl (C=O) groups is 1. The van der Waals surface area contributed by atoms with Gasteiger partial charge >= 0.3 is 5.97 Å². The van der Waals surface area contributed by atoms with Crippen molar-refractivity contribution in [3.05, 3.63) is 29.8 Å². The molecule has 100 valence electrons. The maximum Gasteiger partial charge on any atom is 0.307 e. The van der Waals surface area contributed by atoms with Crippen molar-refractivity contribution in [1.29, 1.82) is 0 Å². The Kier molecular flexibility index (Phi) is 5.16. The number of ether oxygens (including phenoxy) is 2. The molecule has 0 radical (unpaired) electrons. The zero-order chi connectivity index (χ0) is 13.6. The van der Waals surface area contributed by atoms with Gasteiger partial charge in [-0.15, -0.1) is 0 Å². The highest BCUT2D eigenvalue weighted by molar-refractivity contribution is 5.70. The molecule has 0 aromatic heterocycles. The molecule has 18 heavy (non-hydrogen) atoms. The Morgan fingerprint density at radius 3 is 2.56 bits per heavy atom. The van der Waals surface area contributed by atoms with E-state index in [1.54, 1.807) is 7.11 Å². The summed E-state index contributed by atoms with van der Waals surface area (Å²) < 4.78 is 10.1. The van der Waals surface area contributed by atoms with Gasteiger partial charge in [0.15, 0.2) is 0 Å². The number of hydrogen-bond donors (Lipinski definition) is 1. The van der Waals surface area contributed by atoms with E-state index in [0.717, 1.165) is 11.3 Å². The molecule has 0 aliphatic heterocycles. The number of esters is 1. The molecular weight excluding hydrogens is 230 g/mol. The highest BCUT2D eigenvalue weighted by atomic mass is 16.5. The predicted octanol–water partition coefficient (Wildman–Crippen LogP) is 1.78. The van der Waals surface area contributed by atoms with Crippen molar-refractivity contribution < 1.29 is 14.3 Å². The molecular formula is C14H21NO3. The summed E-state index contributed by atoms with van der Waals surface area (Å²) in [5.74, 6) is 0.616. The zero-order valence-corrected chi connectivity index (χ0v) is 11.4. The fourth-order valence-electron chi connectivity index (χ4n) is 1.90. The predicted molar refractivity (Wildman–Crippen MR) is 70.8 cm³/mol. The van der Waals surface area contributed by atoms with Crippen LogP contribution in [0.15, 0.2) is 24.3 Å². The Labute approximate surface area is 108 Å². The molecule has 1 N–H and O–H groups in total. The van der Waals surface area contributed by atoms with Crippen molar-refractivity contribution in [3.63, 3.8) is 0 Å². The minimum Gasteiger partial charge on any atom is -0.496 e. The molecule has 1 atom stereocenters. The van der Waals surface area contributed by atoms with E-state index in [0.29, 0.717) is 12.8 Å². The quantitative estimate of drug-likeness (QED) is 0.783. The Balaban J connectivity index is 2.87. The van der Waals surface area contributed by atoms with Crippen LogP contribution in [-0.2, 0) is 16.0 Å². The van der Waals surface area contributed by atoms with Gasteiger partial charge in [-0.1, -0.05) is 18.2 Å². The smallest absolute Gasteiger partial charge is 0.307 e. The van der Waals surface area contributed by atoms with E-state index in [2.05, 4.69) is 5.32 Å². The van der Waals surface area contributed by atoms with E-state index < -0.39 is 0 Å². The molecule has 0 saturated heterocycles. The summed E-state index contributed by atoms with van der Waals surface area (Å²) in [5.41, 5.74) is 0.725. The SMILES string of the molecule is CNC(C)(CC(=O)OC)Cc1ccccc1OC. The lowest BCUT2D eigenvalue weighted by Crippen LogP contribution is -2.44. The summed E-state index contributed by atoms with van der Waals surface area (Å²) in [5, 5.41) is 3.19. The summed E-state index contributed by atoms with van der Waals surface area (Å²) >= 11 is 0. The molecule has 0 amide bonds. The number of benzene rings is 1. The third kappa shape index (κ3) is 3.74. The molecule has 0 aliphatic rings. The maximum atomic E-state index is 11.4. The molecule has 1 aromatic carbocycles. The first-order valence-corrected chi connectivity index (χ1v) is 5.92. The van der Waals surface area contributed by atoms with Crippen LogP contribution in [0.4, 0.5) is 0 Å². The molecule has 0 bridgehead atoms. The van der Waals surface area contributed by atoms with Gasteiger partial charge in [0, 0.05) is 5.54 Å². The normalized spacial score (nSPS) is 13.8. The average molecular weight is 251 g/mol. The number of hydrogen-bond acceptors (Lipinski definition) is 4. The highest BCUT2D eigenvalue weighted by Gasteiger charge is 2.27. The standard InChI is InChI=1S/C14H21NO3/c1-14(15-2,10-13(16)18-4)9-11-7-5-6-8-12(11)17-3/h5-8,15H,9-10H2,1-4H3. The van der Waals surface area contributed by atoms with Gasteiger partial charge in [0.25, 0.3) is 0 Å². The van der Waals surface area contributed by atoms with Crippen molar-refractivity contribution >= 4 is 5.97 Å². The van der Waals surface area contributed by atoms with Crippen LogP contribution >= 0.6 is 0 Å². The van der Waals surface area contributed by atoms with Crippen LogP contribution in [0.1, 0.15) is 18.9 Å². The second-order valence-electron chi connectivity index (χ2n) is 4.55. The minimum absolute atomic E-state index is 0.221. The number of carbonyl (C=O) groups excluding carboxylic acids is 1. The monoisotopic (exact) mass is 251 g/mol. The fourth-order valence-corrected chi connectivity index (χ4v) is 1.90. The van der Waals surface area contributed by atoms with Gasteiger partial charge in [-0.3, -0.25) is 4.79 Å². The summed E-state index contributed by atoms with van der Waals surface area (Å²) in [4.78, 5) is 11.4. The summed E-state index contributed by atoms with van der Waals surface area (Å²) in [7, 11) is 4.90. The number of likely N-dealkylation sites (N-methyl/N-ethyl adjacent to an activating group) is 1. The van der Waals surface area contributed by atoms with Crippen molar-refractivity contribution in [2.45, 2.75) is 25.3 Å². The third-order valence-corrected chi connectivity index (χ3v) is 3.14. The van der Waals surface area contributed by atoms with Crippen LogP contribution in [0, 0.1) is 0 Å². The first-order chi connectivity index (χ1) is 8.54. The van der Waals surface area contributed by atoms with E-state index in [-0.39, 0.29) is 11.5 Å². The summed E-state index contributed by atoms with van der Waals surface area (Å²) in [6.45, 7) is 2.00. The number of nitrogens with one attached hydrogen (secondary N) is 1. The van der Waals surface area contributed by atoms with E-state index in [1.807, 2.05) is 38.2 Å². The second-order valence-corrected chi connectivity index (χ2v) is 4.55. The van der Waals surface area contributed by atoms with Crippen LogP contribution in [0.5, 0.6) is 5.75 Å². The lowest BCUT2D eigenvalue weighted by molar-refractivity contribution is -0.142. The molecule has 0 fully saturated rings. The first kappa shape index (κ1) is 14.5. The van der Waals surface area contributed by atoms with E-state index in [1.165, 1.54) is 7.11 Å². The molecule has 4 nitrogen and oxygen atoms in total. The van der Waals surface area contributed by atoms with Gasteiger partial charge in [0.2, 0.25) is 0 Å². The zero-order valence-electron chi connectivity index (χ0n) is 11.4. The molecule has 0 heterocycles. The molecule has 1 unspecified atom stereocenters. The van der Waals surface area contributed by atoms with Crippen molar-refractivity contribution in [2.75, 3.05) is 21.3 Å². The molecule has 1 rings (SSSR count). The van der Waals surface area contributed by atoms with E-state index in [4.69, 9.17) is 9.47 Å². The Bertz CT molecular complexity index is 406. The van der Waals surface area contributed by atoms with Crippen molar-refractivity contribution in [1.82, 2.24) is 5.32 Å². The Hall–Kier alpha value is -1.55. The molecule has 1 aromatic rings. The maximum absolute atomic E-state index is 11.4. The van der Waals surface area contributed by atoms with Crippen LogP contribution in [0.3, 0.4) is 0 Å². The van der Waals surface area contributed by atoms with E-state index in [9.17, 15) is 4.79 Å². The van der Waals surface area contributed by atoms with Gasteiger partial charge in [-0.2, -0.15) is 0 Å². The highest BCUT2D eigenvalue weighted by Crippen LogP contribution is 2.24. The van der Waals surface area contributed by atoms with Crippen LogP contribution in [-0.4, -0.2) is 32.8 Å². The molecule has 0 aliphatic carbocycles. The Morgan fingerprint density at radius 2 is 2.00 bits per heavy atom. The average Bonchev–Trinajstić information content (AvgIpc) is 2.39. The lowest BCUT2D eigenvalue weighted by atomic mass is 9.89. The third-order valence-electron chi connectivity index (χ3n) is 3.14. The lowest BCUT2D eigenvalue weighted by Gasteiger charge is -2.28. The summed E-state index contributed by atoms with van der Waals surface area (Å²) in [6.07, 6.45) is 1.01. The van der Waals surface area contributed by atoms with Crippen LogP contribution in [0.25, 0.3) is 0 Å². The largest absolute Gasteiger partial charge is 0.496 e. The van der Waals surface area contributed by atoms with Crippen molar-refractivity contribution in [3.8, 4) is 5.75 Å². The molecule has 4 heteroatoms. The Morgan fingerprint density at radius 1 is 1.33 bits per heavy atom. The van der Waals surface area contributed by atoms with Gasteiger partial charge in [0.1, 0.15) is 5.75 Å². The first-order valence-electron chi connectivity index (χ1n) is 5.92. The van der Waals surface area contributed by atoms with Gasteiger partial charge in [0.05, 0.1) is 20.6 Å². The van der Waals surface area contributed by atoms with Crippen LogP contribution in [0.2, 0.25) is 0 Å². The minimum atomic E-state index is -0.346. The molecule has 0 spiro atoms. The number of methoxy groups -OCH3 is 2. The summed E-state index contributed by atoms with van der Waals surface area (Å²) in [6, 6.07) is 7.82. The molecule has 0 saturated carbocycles. The van der Waals surface area contributed by atoms with Gasteiger partial charge in [-0.25, -0.2) is 0 Å². The second kappa shape index (κ2) is 6.40. The fraction of sp³-hybridized carbons (Fsp3) is 0.500.